The van der Waals surface area contributed by atoms with Crippen molar-refractivity contribution < 1.29 is 4.74 Å². The van der Waals surface area contributed by atoms with Gasteiger partial charge in [0.15, 0.2) is 0 Å². The van der Waals surface area contributed by atoms with Gasteiger partial charge in [-0.05, 0) is 52.4 Å². The minimum Gasteiger partial charge on any atom is -0.492 e. The third kappa shape index (κ3) is 4.66. The van der Waals surface area contributed by atoms with Gasteiger partial charge in [0.1, 0.15) is 5.75 Å². The quantitative estimate of drug-likeness (QED) is 0.527. The van der Waals surface area contributed by atoms with E-state index in [2.05, 4.69) is 35.0 Å². The van der Waals surface area contributed by atoms with E-state index in [0.717, 1.165) is 35.6 Å². The van der Waals surface area contributed by atoms with Crippen LogP contribution in [0.2, 0.25) is 0 Å². The maximum atomic E-state index is 6.61. The van der Waals surface area contributed by atoms with Gasteiger partial charge in [0, 0.05) is 0 Å². The Morgan fingerprint density at radius 2 is 2.05 bits per heavy atom. The lowest BCUT2D eigenvalue weighted by molar-refractivity contribution is 0.315. The Hall–Kier alpha value is -0.210. The van der Waals surface area contributed by atoms with Crippen LogP contribution in [0.5, 0.6) is 5.75 Å². The predicted molar refractivity (Wildman–Crippen MR) is 89.7 cm³/mol. The van der Waals surface area contributed by atoms with Gasteiger partial charge < -0.3 is 4.74 Å². The molecule has 1 fully saturated rings. The van der Waals surface area contributed by atoms with E-state index in [4.69, 9.17) is 16.3 Å². The third-order valence-electron chi connectivity index (χ3n) is 4.04. The fraction of sp³-hybridized carbons (Fsp3) is 0.647. The topological polar surface area (TPSA) is 9.23 Å². The Balaban J connectivity index is 1.95. The Morgan fingerprint density at radius 1 is 1.30 bits per heavy atom. The lowest BCUT2D eigenvalue weighted by atomic mass is 9.85. The van der Waals surface area contributed by atoms with E-state index in [1.807, 2.05) is 6.07 Å². The molecule has 2 rings (SSSR count). The summed E-state index contributed by atoms with van der Waals surface area (Å²) >= 11 is 10.2. The van der Waals surface area contributed by atoms with E-state index in [0.29, 0.717) is 0 Å². The van der Waals surface area contributed by atoms with Gasteiger partial charge in [0.05, 0.1) is 16.5 Å². The van der Waals surface area contributed by atoms with Crippen molar-refractivity contribution in [1.82, 2.24) is 0 Å². The summed E-state index contributed by atoms with van der Waals surface area (Å²) in [5.41, 5.74) is 1.20. The maximum Gasteiger partial charge on any atom is 0.133 e. The molecule has 112 valence electrons. The monoisotopic (exact) mass is 358 g/mol. The molecule has 0 saturated heterocycles. The van der Waals surface area contributed by atoms with Gasteiger partial charge >= 0.3 is 0 Å². The largest absolute Gasteiger partial charge is 0.492 e. The second kappa shape index (κ2) is 8.29. The number of rotatable bonds is 6. The summed E-state index contributed by atoms with van der Waals surface area (Å²) in [5, 5.41) is 0.120. The molecule has 0 radical (unpaired) electrons. The minimum atomic E-state index is 0.120. The van der Waals surface area contributed by atoms with Crippen molar-refractivity contribution in [2.75, 3.05) is 6.61 Å². The van der Waals surface area contributed by atoms with Crippen LogP contribution in [0.4, 0.5) is 0 Å². The Bertz CT molecular complexity index is 415. The molecule has 1 saturated carbocycles. The summed E-state index contributed by atoms with van der Waals surface area (Å²) in [4.78, 5) is 0. The van der Waals surface area contributed by atoms with Crippen LogP contribution in [0.3, 0.4) is 0 Å². The zero-order valence-electron chi connectivity index (χ0n) is 12.2. The van der Waals surface area contributed by atoms with Crippen molar-refractivity contribution >= 4 is 27.5 Å². The molecule has 1 atom stereocenters. The van der Waals surface area contributed by atoms with E-state index < -0.39 is 0 Å². The van der Waals surface area contributed by atoms with Crippen molar-refractivity contribution in [3.05, 3.63) is 28.2 Å². The van der Waals surface area contributed by atoms with Crippen LogP contribution in [0.15, 0.2) is 22.7 Å². The fourth-order valence-corrected chi connectivity index (χ4v) is 3.79. The van der Waals surface area contributed by atoms with Crippen LogP contribution in [0.1, 0.15) is 62.8 Å². The summed E-state index contributed by atoms with van der Waals surface area (Å²) in [6, 6.07) is 6.26. The lowest BCUT2D eigenvalue weighted by Gasteiger charge is -2.24. The molecule has 1 aliphatic carbocycles. The zero-order valence-corrected chi connectivity index (χ0v) is 14.5. The summed E-state index contributed by atoms with van der Waals surface area (Å²) in [5.74, 6) is 1.72. The van der Waals surface area contributed by atoms with Crippen LogP contribution in [0.25, 0.3) is 0 Å². The van der Waals surface area contributed by atoms with Gasteiger partial charge in [0.2, 0.25) is 0 Å². The first-order chi connectivity index (χ1) is 9.70. The molecular formula is C17H24BrClO. The summed E-state index contributed by atoms with van der Waals surface area (Å²) < 4.78 is 6.69. The number of halogens is 2. The molecule has 0 spiro atoms. The van der Waals surface area contributed by atoms with E-state index in [1.54, 1.807) is 0 Å². The van der Waals surface area contributed by atoms with Gasteiger partial charge in [-0.25, -0.2) is 0 Å². The van der Waals surface area contributed by atoms with Crippen LogP contribution in [-0.4, -0.2) is 6.61 Å². The smallest absolute Gasteiger partial charge is 0.133 e. The average Bonchev–Trinajstić information content (AvgIpc) is 2.47. The molecule has 3 heteroatoms. The molecule has 0 heterocycles. The van der Waals surface area contributed by atoms with Crippen molar-refractivity contribution in [2.24, 2.45) is 5.92 Å². The summed E-state index contributed by atoms with van der Waals surface area (Å²) in [7, 11) is 0. The van der Waals surface area contributed by atoms with Crippen LogP contribution in [0, 0.1) is 5.92 Å². The second-order valence-electron chi connectivity index (χ2n) is 5.75. The number of hydrogen-bond donors (Lipinski definition) is 0. The molecular weight excluding hydrogens is 336 g/mol. The van der Waals surface area contributed by atoms with Gasteiger partial charge in [0.25, 0.3) is 0 Å². The van der Waals surface area contributed by atoms with Crippen LogP contribution < -0.4 is 4.74 Å². The fourth-order valence-electron chi connectivity index (χ4n) is 2.89. The second-order valence-corrected chi connectivity index (χ2v) is 7.13. The predicted octanol–water partition coefficient (Wildman–Crippen LogP) is 6.49. The molecule has 1 unspecified atom stereocenters. The van der Waals surface area contributed by atoms with E-state index >= 15 is 0 Å². The molecule has 0 N–H and O–H groups in total. The highest BCUT2D eigenvalue weighted by Crippen LogP contribution is 2.37. The molecule has 0 amide bonds. The number of ether oxygens (including phenoxy) is 1. The first-order valence-corrected chi connectivity index (χ1v) is 9.00. The van der Waals surface area contributed by atoms with Crippen molar-refractivity contribution in [2.45, 2.75) is 57.2 Å². The third-order valence-corrected chi connectivity index (χ3v) is 5.09. The number of benzene rings is 1. The van der Waals surface area contributed by atoms with Crippen LogP contribution >= 0.6 is 27.5 Å². The van der Waals surface area contributed by atoms with Gasteiger partial charge in [-0.3, -0.25) is 0 Å². The van der Waals surface area contributed by atoms with Crippen LogP contribution in [-0.2, 0) is 0 Å². The Kier molecular flexibility index (Phi) is 6.70. The minimum absolute atomic E-state index is 0.120. The summed E-state index contributed by atoms with van der Waals surface area (Å²) in [6.45, 7) is 2.87. The van der Waals surface area contributed by atoms with Crippen molar-refractivity contribution in [3.63, 3.8) is 0 Å². The maximum absolute atomic E-state index is 6.61. The van der Waals surface area contributed by atoms with E-state index in [-0.39, 0.29) is 5.38 Å². The first-order valence-electron chi connectivity index (χ1n) is 7.77. The normalized spacial score (nSPS) is 17.9. The molecule has 0 aliphatic heterocycles. The molecule has 1 aliphatic rings. The molecule has 0 aromatic heterocycles. The van der Waals surface area contributed by atoms with E-state index in [1.165, 1.54) is 37.7 Å². The molecule has 20 heavy (non-hydrogen) atoms. The lowest BCUT2D eigenvalue weighted by Crippen LogP contribution is -2.09. The molecule has 0 bridgehead atoms. The molecule has 1 aromatic carbocycles. The Labute approximate surface area is 136 Å². The highest BCUT2D eigenvalue weighted by Gasteiger charge is 2.19. The molecule has 1 aromatic rings. The highest BCUT2D eigenvalue weighted by molar-refractivity contribution is 9.10. The zero-order chi connectivity index (χ0) is 14.4. The van der Waals surface area contributed by atoms with Crippen molar-refractivity contribution in [1.29, 1.82) is 0 Å². The Morgan fingerprint density at radius 3 is 2.70 bits per heavy atom. The highest BCUT2D eigenvalue weighted by atomic mass is 79.9. The van der Waals surface area contributed by atoms with E-state index in [9.17, 15) is 0 Å². The van der Waals surface area contributed by atoms with Crippen molar-refractivity contribution in [3.8, 4) is 5.75 Å². The number of alkyl halides is 1. The SMILES string of the molecule is CCCOc1ccc(C(Cl)CC2CCCCC2)cc1Br. The van der Waals surface area contributed by atoms with Gasteiger partial charge in [-0.15, -0.1) is 11.6 Å². The van der Waals surface area contributed by atoms with Gasteiger partial charge in [-0.2, -0.15) is 0 Å². The average molecular weight is 360 g/mol. The number of hydrogen-bond acceptors (Lipinski definition) is 1. The summed E-state index contributed by atoms with van der Waals surface area (Å²) in [6.07, 6.45) is 8.98. The molecule has 1 nitrogen and oxygen atoms in total. The first kappa shape index (κ1) is 16.2. The standard InChI is InChI=1S/C17H24BrClO/c1-2-10-20-17-9-8-14(12-15(17)18)16(19)11-13-6-4-3-5-7-13/h8-9,12-13,16H,2-7,10-11H2,1H3. The van der Waals surface area contributed by atoms with Gasteiger partial charge in [-0.1, -0.05) is 45.1 Å².